The minimum absolute atomic E-state index is 0. The van der Waals surface area contributed by atoms with E-state index in [9.17, 15) is 27.6 Å². The molecule has 0 bridgehead atoms. The van der Waals surface area contributed by atoms with Crippen LogP contribution in [0.5, 0.6) is 0 Å². The maximum atomic E-state index is 14.2. The first-order valence-corrected chi connectivity index (χ1v) is 28.6. The third-order valence-corrected chi connectivity index (χ3v) is 15.7. The van der Waals surface area contributed by atoms with Gasteiger partial charge in [0.1, 0.15) is 36.4 Å². The van der Waals surface area contributed by atoms with Crippen molar-refractivity contribution in [1.82, 2.24) is 59.4 Å². The Bertz CT molecular complexity index is 3750. The first-order chi connectivity index (χ1) is 41.4. The van der Waals surface area contributed by atoms with Gasteiger partial charge in [0.25, 0.3) is 6.47 Å². The van der Waals surface area contributed by atoms with Gasteiger partial charge in [0, 0.05) is 135 Å². The first-order valence-electron chi connectivity index (χ1n) is 27.0. The van der Waals surface area contributed by atoms with Gasteiger partial charge in [-0.1, -0.05) is 34.8 Å². The maximum absolute atomic E-state index is 14.2. The Kier molecular flexibility index (Phi) is 28.6. The Labute approximate surface area is 611 Å². The van der Waals surface area contributed by atoms with Crippen LogP contribution in [-0.2, 0) is 37.2 Å². The zero-order chi connectivity index (χ0) is 61.4. The van der Waals surface area contributed by atoms with E-state index in [2.05, 4.69) is 40.2 Å². The van der Waals surface area contributed by atoms with Gasteiger partial charge in [-0.05, 0) is 110 Å². The number of fused-ring (bicyclic) bond motifs is 3. The van der Waals surface area contributed by atoms with Crippen molar-refractivity contribution in [1.29, 1.82) is 0 Å². The summed E-state index contributed by atoms with van der Waals surface area (Å²) in [6.45, 7) is 12.5. The van der Waals surface area contributed by atoms with Crippen molar-refractivity contribution >= 4 is 121 Å². The van der Waals surface area contributed by atoms with E-state index in [-0.39, 0.29) is 165 Å². The van der Waals surface area contributed by atoms with Crippen molar-refractivity contribution in [3.8, 4) is 0 Å². The van der Waals surface area contributed by atoms with E-state index in [1.807, 2.05) is 78.1 Å². The second-order valence-electron chi connectivity index (χ2n) is 19.9. The number of piperazine rings is 3. The maximum Gasteiger partial charge on any atom is 1.00 e. The number of hydrogen-bond donors (Lipinski definition) is 1. The molecule has 0 spiro atoms. The predicted molar refractivity (Wildman–Crippen MR) is 323 cm³/mol. The zero-order valence-electron chi connectivity index (χ0n) is 49.9. The van der Waals surface area contributed by atoms with Crippen molar-refractivity contribution in [2.24, 2.45) is 0 Å². The number of amides is 3. The topological polar surface area (TPSA) is 223 Å². The minimum atomic E-state index is -0.334. The molecule has 3 aliphatic heterocycles. The van der Waals surface area contributed by atoms with Gasteiger partial charge in [-0.2, -0.15) is 15.3 Å². The number of rotatable bonds is 9. The number of pyridine rings is 3. The second kappa shape index (κ2) is 35.0. The molecule has 6 aromatic heterocycles. The molecule has 9 aromatic rings. The van der Waals surface area contributed by atoms with Gasteiger partial charge in [0.2, 0.25) is 17.7 Å². The molecule has 3 aromatic carbocycles. The van der Waals surface area contributed by atoms with E-state index in [1.54, 1.807) is 73.2 Å². The van der Waals surface area contributed by atoms with E-state index < -0.39 is 0 Å². The average Bonchev–Trinajstić information content (AvgIpc) is 4.49. The fourth-order valence-electron chi connectivity index (χ4n) is 9.59. The SMILES string of the molecule is Cc1cc(N2CCN(C(=O)CCl)CC2)c(F)cc1Cl.Cc1cc(N2CCN(C(=O)Cn3cc4cccnc4n3)CC2)c(F)cc1Cl.Cc1cc(N2CCN(C(=O)Cn3ncc4cccnc43)CC2)c(F)cc1Cl.O=CO[O-].[H-].[K+].[K+].c1cnc2[nH]ncc2c1. The van der Waals surface area contributed by atoms with Gasteiger partial charge in [-0.3, -0.25) is 29.0 Å². The molecule has 12 rings (SSSR count). The number of carbonyl (C=O) groups is 4. The summed E-state index contributed by atoms with van der Waals surface area (Å²) < 4.78 is 45.6. The van der Waals surface area contributed by atoms with Crippen LogP contribution in [0.15, 0.2) is 110 Å². The molecule has 454 valence electrons. The number of alkyl halides is 1. The third-order valence-electron chi connectivity index (χ3n) is 14.3. The first kappa shape index (κ1) is 72.1. The van der Waals surface area contributed by atoms with Crippen LogP contribution in [0.25, 0.3) is 33.1 Å². The number of nitrogens with zero attached hydrogens (tertiary/aromatic N) is 14. The summed E-state index contributed by atoms with van der Waals surface area (Å²) in [6.07, 6.45) is 10.4. The number of benzene rings is 3. The Morgan fingerprint density at radius 1 is 0.602 bits per heavy atom. The smallest absolute Gasteiger partial charge is 1.00 e. The molecule has 0 unspecified atom stereocenters. The van der Waals surface area contributed by atoms with Crippen molar-refractivity contribution in [2.75, 3.05) is 99.1 Å². The van der Waals surface area contributed by atoms with Gasteiger partial charge in [-0.25, -0.2) is 32.8 Å². The molecule has 3 saturated heterocycles. The molecule has 0 aliphatic carbocycles. The molecule has 9 heterocycles. The number of nitrogens with one attached hydrogen (secondary N) is 1. The van der Waals surface area contributed by atoms with Crippen LogP contribution in [0, 0.1) is 38.2 Å². The van der Waals surface area contributed by atoms with Crippen LogP contribution in [0.4, 0.5) is 30.2 Å². The number of H-pyrrole nitrogens is 1. The number of anilines is 3. The number of aromatic nitrogens is 9. The van der Waals surface area contributed by atoms with Gasteiger partial charge in [-0.15, -0.1) is 11.6 Å². The van der Waals surface area contributed by atoms with Crippen LogP contribution in [0.1, 0.15) is 18.1 Å². The van der Waals surface area contributed by atoms with Crippen molar-refractivity contribution in [3.05, 3.63) is 159 Å². The number of carbonyl (C=O) groups excluding carboxylic acids is 4. The molecular formula is C58H60Cl4F3K2N15O6. The number of hydrogen-bond acceptors (Lipinski definition) is 15. The Hall–Kier alpha value is -5.02. The van der Waals surface area contributed by atoms with Crippen molar-refractivity contribution in [3.63, 3.8) is 0 Å². The van der Waals surface area contributed by atoms with Crippen molar-refractivity contribution in [2.45, 2.75) is 33.9 Å². The Balaban J connectivity index is 0.000000219. The van der Waals surface area contributed by atoms with Crippen LogP contribution < -0.4 is 123 Å². The summed E-state index contributed by atoms with van der Waals surface area (Å²) in [5, 5.41) is 27.7. The molecule has 0 saturated carbocycles. The molecular weight excluding hydrogens is 1280 g/mol. The third kappa shape index (κ3) is 19.3. The zero-order valence-corrected chi connectivity index (χ0v) is 58.2. The van der Waals surface area contributed by atoms with E-state index in [4.69, 9.17) is 56.5 Å². The number of aromatic amines is 1. The summed E-state index contributed by atoms with van der Waals surface area (Å²) in [6, 6.07) is 20.7. The van der Waals surface area contributed by atoms with Crippen LogP contribution in [-0.4, -0.2) is 168 Å². The molecule has 30 heteroatoms. The Morgan fingerprint density at radius 2 is 1.02 bits per heavy atom. The molecule has 0 radical (unpaired) electrons. The van der Waals surface area contributed by atoms with E-state index in [1.165, 1.54) is 18.2 Å². The largest absolute Gasteiger partial charge is 1.00 e. The van der Waals surface area contributed by atoms with Crippen molar-refractivity contribution < 1.29 is 147 Å². The molecule has 3 fully saturated rings. The predicted octanol–water partition coefficient (Wildman–Crippen LogP) is 1.95. The summed E-state index contributed by atoms with van der Waals surface area (Å²) in [4.78, 5) is 71.5. The number of aryl methyl sites for hydroxylation is 3. The molecule has 3 aliphatic rings. The molecule has 21 nitrogen and oxygen atoms in total. The van der Waals surface area contributed by atoms with Crippen LogP contribution in [0.3, 0.4) is 0 Å². The van der Waals surface area contributed by atoms with Gasteiger partial charge >= 0.3 is 103 Å². The van der Waals surface area contributed by atoms with Gasteiger partial charge < -0.3 is 41.0 Å². The molecule has 1 N–H and O–H groups in total. The fourth-order valence-corrected chi connectivity index (χ4v) is 10.2. The fraction of sp³-hybridized carbons (Fsp3) is 0.310. The molecule has 3 amide bonds. The summed E-state index contributed by atoms with van der Waals surface area (Å²) in [5.41, 5.74) is 6.30. The molecule has 0 atom stereocenters. The van der Waals surface area contributed by atoms with E-state index in [0.29, 0.717) is 122 Å². The second-order valence-corrected chi connectivity index (χ2v) is 21.3. The van der Waals surface area contributed by atoms with E-state index in [0.717, 1.165) is 38.5 Å². The average molecular weight is 1340 g/mol. The normalized spacial score (nSPS) is 13.8. The van der Waals surface area contributed by atoms with E-state index >= 15 is 0 Å². The standard InChI is InChI=1S/2C19H19ClFN5O.C13H15Cl2FN2O.C6H5N3.CH2O3.2K.H/c1-13-9-17(16(21)10-15(13)20)24-5-7-25(8-6-24)18(27)12-26-11-14-3-2-4-22-19(14)23-26;1-13-9-17(16(21)10-15(13)20)24-5-7-25(8-6-24)18(27)12-26-19-14(11-23-26)3-2-4-22-19;1-9-6-12(11(16)7-10(9)15)17-2-4-18(5-3-17)13(19)8-14;1-2-5-4-8-9-6(5)7-3-1;2-1-4-3;;;/h2*2-4,9-11H,5-8,12H2,1H3;6-7H,2-5,8H2,1H3;1-4H,(H,7,8,9);1,3H;;;/q;;;;;2*+1;-1/p-1. The minimum Gasteiger partial charge on any atom is -1.00 e. The summed E-state index contributed by atoms with van der Waals surface area (Å²) >= 11 is 23.4. The van der Waals surface area contributed by atoms with Gasteiger partial charge in [0.05, 0.1) is 29.5 Å². The monoisotopic (exact) mass is 1340 g/mol. The Morgan fingerprint density at radius 3 is 1.47 bits per heavy atom. The summed E-state index contributed by atoms with van der Waals surface area (Å²) in [7, 11) is 0. The number of halogens is 7. The van der Waals surface area contributed by atoms with Crippen LogP contribution >= 0.6 is 46.4 Å². The summed E-state index contributed by atoms with van der Waals surface area (Å²) in [5.74, 6) is -1.09. The molecule has 88 heavy (non-hydrogen) atoms. The quantitative estimate of drug-likeness (QED) is 0.0718. The van der Waals surface area contributed by atoms with Crippen LogP contribution in [0.2, 0.25) is 15.1 Å². The van der Waals surface area contributed by atoms with Gasteiger partial charge in [0.15, 0.2) is 16.9 Å².